The van der Waals surface area contributed by atoms with Crippen molar-refractivity contribution in [1.29, 1.82) is 5.26 Å². The van der Waals surface area contributed by atoms with Gasteiger partial charge in [-0.05, 0) is 105 Å². The van der Waals surface area contributed by atoms with Crippen LogP contribution in [0.2, 0.25) is 0 Å². The lowest BCUT2D eigenvalue weighted by atomic mass is 9.85. The van der Waals surface area contributed by atoms with Crippen molar-refractivity contribution < 1.29 is 57.5 Å². The molecule has 2 aliphatic heterocycles. The molecule has 3 aliphatic rings. The van der Waals surface area contributed by atoms with Gasteiger partial charge in [0.05, 0.1) is 105 Å². The highest BCUT2D eigenvalue weighted by Gasteiger charge is 2.53. The number of carbonyl (C=O) groups excluding carboxylic acids is 5. The first-order chi connectivity index (χ1) is 43.4. The maximum absolute atomic E-state index is 14.1. The van der Waals surface area contributed by atoms with Crippen LogP contribution in [0, 0.1) is 36.0 Å². The molecule has 2 saturated heterocycles. The SMILES string of the molecule is Cc1cc(-c2nn(-c3ccccc3)cc2/C=C/C(=O)N2CCCCC2C(N)=O)ccc1OCc1cn(CCOCCOCCOCCOCCOc2cc(-c3scnc3C)ccc2CNC(=O)[C@@H]2C[C@@H](O)CN2C(=O)[C@@H](NC(=O)C2(C#N)CC2)C(C)(C)C)nn1. The second-order valence-electron chi connectivity index (χ2n) is 23.7. The molecule has 0 radical (unpaired) electrons. The van der Waals surface area contributed by atoms with E-state index in [9.17, 15) is 34.3 Å². The maximum Gasteiger partial charge on any atom is 0.247 e. The number of thiazole rings is 1. The van der Waals surface area contributed by atoms with Crippen LogP contribution < -0.4 is 25.8 Å². The van der Waals surface area contributed by atoms with Crippen LogP contribution in [-0.2, 0) is 62.6 Å². The summed E-state index contributed by atoms with van der Waals surface area (Å²) in [6.45, 7) is 13.6. The Morgan fingerprint density at radius 1 is 0.856 bits per heavy atom. The van der Waals surface area contributed by atoms with Gasteiger partial charge in [0.2, 0.25) is 29.5 Å². The number of nitrogens with one attached hydrogen (secondary N) is 2. The van der Waals surface area contributed by atoms with E-state index in [0.717, 1.165) is 51.4 Å². The number of carbonyl (C=O) groups is 5. The molecule has 1 aliphatic carbocycles. The van der Waals surface area contributed by atoms with Crippen molar-refractivity contribution >= 4 is 46.9 Å². The molecule has 5 heterocycles. The van der Waals surface area contributed by atoms with Crippen LogP contribution in [0.25, 0.3) is 33.5 Å². The summed E-state index contributed by atoms with van der Waals surface area (Å²) in [6, 6.07) is 20.7. The van der Waals surface area contributed by atoms with Crippen molar-refractivity contribution in [2.75, 3.05) is 72.6 Å². The van der Waals surface area contributed by atoms with Crippen molar-refractivity contribution in [3.05, 3.63) is 119 Å². The van der Waals surface area contributed by atoms with Crippen molar-refractivity contribution in [1.82, 2.24) is 50.2 Å². The second kappa shape index (κ2) is 30.9. The van der Waals surface area contributed by atoms with Gasteiger partial charge in [-0.2, -0.15) is 10.4 Å². The number of likely N-dealkylation sites (tertiary alicyclic amines) is 2. The number of piperidine rings is 1. The summed E-state index contributed by atoms with van der Waals surface area (Å²) in [7, 11) is 0. The minimum atomic E-state index is -1.14. The molecule has 1 unspecified atom stereocenters. The molecular weight excluding hydrogens is 1170 g/mol. The summed E-state index contributed by atoms with van der Waals surface area (Å²) >= 11 is 1.51. The first-order valence-corrected chi connectivity index (χ1v) is 31.3. The molecule has 0 spiro atoms. The van der Waals surface area contributed by atoms with Gasteiger partial charge in [0, 0.05) is 55.0 Å². The summed E-state index contributed by atoms with van der Waals surface area (Å²) in [5.74, 6) is -1.01. The fourth-order valence-corrected chi connectivity index (χ4v) is 11.5. The Balaban J connectivity index is 0.650. The van der Waals surface area contributed by atoms with E-state index in [1.807, 2.05) is 93.0 Å². The molecule has 5 amide bonds. The number of primary amides is 1. The number of nitriles is 1. The van der Waals surface area contributed by atoms with E-state index in [4.69, 9.17) is 39.3 Å². The molecule has 24 nitrogen and oxygen atoms in total. The number of hydrogen-bond acceptors (Lipinski definition) is 18. The molecule has 90 heavy (non-hydrogen) atoms. The summed E-state index contributed by atoms with van der Waals surface area (Å²) < 4.78 is 38.9. The Morgan fingerprint density at radius 2 is 1.57 bits per heavy atom. The molecule has 1 saturated carbocycles. The molecule has 25 heteroatoms. The van der Waals surface area contributed by atoms with E-state index in [0.29, 0.717) is 107 Å². The first-order valence-electron chi connectivity index (χ1n) is 30.4. The number of aromatic nitrogens is 6. The molecule has 5 N–H and O–H groups in total. The Kier molecular flexibility index (Phi) is 22.7. The molecule has 4 atom stereocenters. The van der Waals surface area contributed by atoms with Crippen LogP contribution in [0.15, 0.2) is 90.7 Å². The third-order valence-corrected chi connectivity index (χ3v) is 16.9. The zero-order valence-corrected chi connectivity index (χ0v) is 52.5. The van der Waals surface area contributed by atoms with Gasteiger partial charge >= 0.3 is 0 Å². The molecule has 3 fully saturated rings. The number of aliphatic hydroxyl groups excluding tert-OH is 1. The van der Waals surface area contributed by atoms with Crippen LogP contribution in [0.1, 0.15) is 87.4 Å². The monoisotopic (exact) mass is 1250 g/mol. The number of hydrogen-bond donors (Lipinski definition) is 4. The number of amides is 5. The number of benzene rings is 3. The lowest BCUT2D eigenvalue weighted by Crippen LogP contribution is -2.58. The fourth-order valence-electron chi connectivity index (χ4n) is 10.7. The summed E-state index contributed by atoms with van der Waals surface area (Å²) in [4.78, 5) is 74.7. The number of rotatable bonds is 31. The predicted molar refractivity (Wildman–Crippen MR) is 333 cm³/mol. The maximum atomic E-state index is 14.1. The molecule has 0 bridgehead atoms. The number of β-amino-alcohol motifs (C(OH)–C–C–N with tert-alkyl or cyclic N) is 1. The van der Waals surface area contributed by atoms with Crippen LogP contribution in [-0.4, -0.2) is 171 Å². The third-order valence-electron chi connectivity index (χ3n) is 15.9. The average molecular weight is 1250 g/mol. The van der Waals surface area contributed by atoms with Gasteiger partial charge in [0.15, 0.2) is 0 Å². The number of nitrogens with zero attached hydrogens (tertiary/aromatic N) is 9. The van der Waals surface area contributed by atoms with E-state index >= 15 is 0 Å². The fraction of sp³-hybridized carbons (Fsp3) is 0.477. The van der Waals surface area contributed by atoms with E-state index in [2.05, 4.69) is 32.0 Å². The van der Waals surface area contributed by atoms with Gasteiger partial charge in [-0.1, -0.05) is 56.3 Å². The Morgan fingerprint density at radius 3 is 2.23 bits per heavy atom. The third kappa shape index (κ3) is 17.3. The van der Waals surface area contributed by atoms with Crippen molar-refractivity contribution in [2.45, 2.75) is 117 Å². The van der Waals surface area contributed by atoms with Crippen LogP contribution in [0.5, 0.6) is 11.5 Å². The number of para-hydroxylation sites is 1. The molecule has 3 aromatic carbocycles. The molecule has 3 aromatic heterocycles. The predicted octanol–water partition coefficient (Wildman–Crippen LogP) is 5.89. The van der Waals surface area contributed by atoms with Crippen molar-refractivity contribution in [3.8, 4) is 45.0 Å². The van der Waals surface area contributed by atoms with Gasteiger partial charge < -0.3 is 59.7 Å². The molecule has 9 rings (SSSR count). The van der Waals surface area contributed by atoms with E-state index in [1.165, 1.54) is 22.3 Å². The van der Waals surface area contributed by atoms with Gasteiger partial charge in [-0.15, -0.1) is 16.4 Å². The number of ether oxygens (including phenoxy) is 6. The van der Waals surface area contributed by atoms with Crippen LogP contribution in [0.4, 0.5) is 0 Å². The van der Waals surface area contributed by atoms with Crippen molar-refractivity contribution in [2.24, 2.45) is 16.6 Å². The number of aryl methyl sites for hydroxylation is 2. The first kappa shape index (κ1) is 66.0. The average Bonchev–Trinajstić information content (AvgIpc) is 1.63. The zero-order chi connectivity index (χ0) is 63.8. The van der Waals surface area contributed by atoms with Crippen LogP contribution >= 0.6 is 11.3 Å². The smallest absolute Gasteiger partial charge is 0.247 e. The summed E-state index contributed by atoms with van der Waals surface area (Å²) in [5, 5.41) is 39.5. The zero-order valence-electron chi connectivity index (χ0n) is 51.6. The Labute approximate surface area is 527 Å². The highest BCUT2D eigenvalue weighted by Crippen LogP contribution is 2.45. The molecule has 6 aromatic rings. The normalized spacial score (nSPS) is 17.5. The standard InChI is InChI=1S/C65H80N12O12S/c1-43-33-45(57-48(37-77(72-57)50-11-7-6-8-12-50)17-19-56(79)75-22-10-9-13-52(75)60(67)80)16-18-54(43)89-40-49-38-74(73-71-49)23-24-84-25-26-85-27-28-86-29-30-87-31-32-88-55-34-46(58-44(2)69-42-90-58)14-15-47(55)36-68-61(81)53-35-51(78)39-76(53)62(82)59(64(3,4)5)70-63(83)65(41-66)20-21-65/h6-8,11-12,14-19,33-34,37-38,42,51-53,59,78H,9-10,13,20-32,35-36,39-40H2,1-5H3,(H2,67,80)(H,68,81)(H,70,83)/b19-17+/t51-,52?,53+,59-/m1/s1. The highest BCUT2D eigenvalue weighted by atomic mass is 32.1. The Hall–Kier alpha value is -8.38. The van der Waals surface area contributed by atoms with Crippen molar-refractivity contribution in [3.63, 3.8) is 0 Å². The van der Waals surface area contributed by atoms with Gasteiger partial charge in [0.1, 0.15) is 53.9 Å². The lowest BCUT2D eigenvalue weighted by molar-refractivity contribution is -0.144. The molecule has 478 valence electrons. The van der Waals surface area contributed by atoms with Gasteiger partial charge in [-0.25, -0.2) is 14.3 Å². The number of nitrogens with two attached hydrogens (primary N) is 1. The van der Waals surface area contributed by atoms with Gasteiger partial charge in [-0.3, -0.25) is 24.0 Å². The van der Waals surface area contributed by atoms with Crippen LogP contribution in [0.3, 0.4) is 0 Å². The Bertz CT molecular complexity index is 3510. The van der Waals surface area contributed by atoms with E-state index in [1.54, 1.807) is 46.6 Å². The molecular formula is C65H80N12O12S. The summed E-state index contributed by atoms with van der Waals surface area (Å²) in [5.41, 5.74) is 12.6. The topological polar surface area (TPSA) is 303 Å². The van der Waals surface area contributed by atoms with E-state index < -0.39 is 58.7 Å². The second-order valence-corrected chi connectivity index (χ2v) is 24.6. The minimum Gasteiger partial charge on any atom is -0.491 e. The lowest BCUT2D eigenvalue weighted by Gasteiger charge is -2.35. The minimum absolute atomic E-state index is 0.0285. The number of aliphatic hydroxyl groups is 1. The highest BCUT2D eigenvalue weighted by molar-refractivity contribution is 7.13. The van der Waals surface area contributed by atoms with E-state index in [-0.39, 0.29) is 45.2 Å². The quantitative estimate of drug-likeness (QED) is 0.0291. The largest absolute Gasteiger partial charge is 0.491 e. The summed E-state index contributed by atoms with van der Waals surface area (Å²) in [6.07, 6.45) is 9.08. The van der Waals surface area contributed by atoms with Gasteiger partial charge in [0.25, 0.3) is 0 Å².